The molecule has 0 aliphatic carbocycles. The molecule has 1 nitrogen and oxygen atoms in total. The summed E-state index contributed by atoms with van der Waals surface area (Å²) in [7, 11) is 0. The van der Waals surface area contributed by atoms with Crippen LogP contribution in [-0.2, 0) is 0 Å². The second kappa shape index (κ2) is 3.51. The standard InChI is InChI=1S/C3H2ClNS.Li.H/c4-3-5-1-2-6-3;;/h1-2H;;. The molecule has 0 aliphatic heterocycles. The van der Waals surface area contributed by atoms with Gasteiger partial charge in [0.25, 0.3) is 0 Å². The van der Waals surface area contributed by atoms with Crippen LogP contribution in [0, 0.1) is 0 Å². The average molecular weight is 128 g/mol. The molecule has 34 valence electrons. The van der Waals surface area contributed by atoms with Gasteiger partial charge >= 0.3 is 18.9 Å². The van der Waals surface area contributed by atoms with Crippen LogP contribution < -0.4 is 0 Å². The Morgan fingerprint density at radius 1 is 1.71 bits per heavy atom. The Morgan fingerprint density at radius 3 is 2.57 bits per heavy atom. The Labute approximate surface area is 62.9 Å². The molecule has 0 unspecified atom stereocenters. The number of thiazole rings is 1. The van der Waals surface area contributed by atoms with E-state index in [1.807, 2.05) is 5.38 Å². The van der Waals surface area contributed by atoms with Gasteiger partial charge in [-0.3, -0.25) is 0 Å². The van der Waals surface area contributed by atoms with E-state index in [9.17, 15) is 0 Å². The van der Waals surface area contributed by atoms with E-state index in [2.05, 4.69) is 4.98 Å². The fourth-order valence-electron chi connectivity index (χ4n) is 0.206. The molecule has 7 heavy (non-hydrogen) atoms. The Morgan fingerprint density at radius 2 is 2.43 bits per heavy atom. The zero-order valence-corrected chi connectivity index (χ0v) is 4.46. The zero-order chi connectivity index (χ0) is 4.41. The van der Waals surface area contributed by atoms with Gasteiger partial charge in [0.2, 0.25) is 0 Å². The topological polar surface area (TPSA) is 12.9 Å². The van der Waals surface area contributed by atoms with Crippen molar-refractivity contribution in [2.45, 2.75) is 0 Å². The van der Waals surface area contributed by atoms with Gasteiger partial charge in [-0.2, -0.15) is 0 Å². The first-order valence-corrected chi connectivity index (χ1v) is 2.70. The van der Waals surface area contributed by atoms with E-state index in [1.165, 1.54) is 11.3 Å². The van der Waals surface area contributed by atoms with Crippen molar-refractivity contribution < 1.29 is 0 Å². The minimum absolute atomic E-state index is 0. The number of hydrogen-bond acceptors (Lipinski definition) is 2. The molecule has 4 heteroatoms. The van der Waals surface area contributed by atoms with Crippen molar-refractivity contribution in [3.63, 3.8) is 0 Å². The first-order chi connectivity index (χ1) is 2.89. The Kier molecular flexibility index (Phi) is 3.77. The summed E-state index contributed by atoms with van der Waals surface area (Å²) in [6, 6.07) is 0. The van der Waals surface area contributed by atoms with Crippen LogP contribution in [0.2, 0.25) is 4.47 Å². The van der Waals surface area contributed by atoms with Crippen molar-refractivity contribution in [1.29, 1.82) is 0 Å². The third kappa shape index (κ3) is 2.35. The van der Waals surface area contributed by atoms with Gasteiger partial charge in [-0.25, -0.2) is 4.98 Å². The van der Waals surface area contributed by atoms with Crippen molar-refractivity contribution in [2.24, 2.45) is 0 Å². The van der Waals surface area contributed by atoms with Crippen molar-refractivity contribution >= 4 is 41.8 Å². The first kappa shape index (κ1) is 7.52. The molecule has 1 heterocycles. The predicted octanol–water partition coefficient (Wildman–Crippen LogP) is 1.15. The Hall–Kier alpha value is 0.517. The van der Waals surface area contributed by atoms with Crippen LogP contribution in [0.15, 0.2) is 11.6 Å². The quantitative estimate of drug-likeness (QED) is 0.477. The third-order valence-electron chi connectivity index (χ3n) is 0.402. The molecule has 0 bridgehead atoms. The number of halogens is 1. The summed E-state index contributed by atoms with van der Waals surface area (Å²) in [6.07, 6.45) is 1.67. The van der Waals surface area contributed by atoms with E-state index in [1.54, 1.807) is 6.20 Å². The van der Waals surface area contributed by atoms with E-state index in [4.69, 9.17) is 11.6 Å². The SMILES string of the molecule is Clc1nccs1.[LiH]. The van der Waals surface area contributed by atoms with Gasteiger partial charge in [-0.05, 0) is 0 Å². The molecule has 0 N–H and O–H groups in total. The number of rotatable bonds is 0. The molecule has 0 saturated carbocycles. The van der Waals surface area contributed by atoms with E-state index in [0.717, 1.165) is 0 Å². The maximum absolute atomic E-state index is 5.36. The van der Waals surface area contributed by atoms with Crippen LogP contribution in [0.3, 0.4) is 0 Å². The summed E-state index contributed by atoms with van der Waals surface area (Å²) in [5, 5.41) is 1.84. The molecule has 1 aromatic rings. The molecule has 0 radical (unpaired) electrons. The van der Waals surface area contributed by atoms with Crippen LogP contribution >= 0.6 is 22.9 Å². The van der Waals surface area contributed by atoms with E-state index in [0.29, 0.717) is 4.47 Å². The second-order valence-electron chi connectivity index (χ2n) is 0.785. The summed E-state index contributed by atoms with van der Waals surface area (Å²) < 4.78 is 0.606. The van der Waals surface area contributed by atoms with E-state index < -0.39 is 0 Å². The van der Waals surface area contributed by atoms with Crippen molar-refractivity contribution in [3.8, 4) is 0 Å². The summed E-state index contributed by atoms with van der Waals surface area (Å²) in [6.45, 7) is 0. The molecule has 0 aromatic carbocycles. The zero-order valence-electron chi connectivity index (χ0n) is 2.89. The summed E-state index contributed by atoms with van der Waals surface area (Å²) in [5.41, 5.74) is 0. The average Bonchev–Trinajstić information content (AvgIpc) is 1.86. The fraction of sp³-hybridized carbons (Fsp3) is 0. The normalized spacial score (nSPS) is 7.57. The molecular weight excluding hydrogens is 125 g/mol. The predicted molar refractivity (Wildman–Crippen MR) is 34.3 cm³/mol. The third-order valence-corrected chi connectivity index (χ3v) is 1.32. The second-order valence-corrected chi connectivity index (χ2v) is 2.26. The van der Waals surface area contributed by atoms with Gasteiger partial charge < -0.3 is 0 Å². The van der Waals surface area contributed by atoms with Crippen molar-refractivity contribution in [3.05, 3.63) is 16.0 Å². The van der Waals surface area contributed by atoms with Gasteiger partial charge in [0.05, 0.1) is 0 Å². The molecule has 0 amide bonds. The Bertz CT molecular complexity index is 118. The summed E-state index contributed by atoms with van der Waals surface area (Å²) in [5.74, 6) is 0. The molecule has 0 spiro atoms. The molecule has 1 rings (SSSR count). The molecule has 0 saturated heterocycles. The van der Waals surface area contributed by atoms with Crippen LogP contribution in [0.25, 0.3) is 0 Å². The van der Waals surface area contributed by atoms with Crippen molar-refractivity contribution in [2.75, 3.05) is 0 Å². The van der Waals surface area contributed by atoms with E-state index >= 15 is 0 Å². The Balaban J connectivity index is 0.000000360. The molecule has 0 aliphatic rings. The van der Waals surface area contributed by atoms with E-state index in [-0.39, 0.29) is 18.9 Å². The van der Waals surface area contributed by atoms with Gasteiger partial charge in [-0.1, -0.05) is 11.6 Å². The summed E-state index contributed by atoms with van der Waals surface area (Å²) in [4.78, 5) is 3.70. The monoisotopic (exact) mass is 127 g/mol. The maximum atomic E-state index is 5.36. The number of nitrogens with zero attached hydrogens (tertiary/aromatic N) is 1. The van der Waals surface area contributed by atoms with Gasteiger partial charge in [0.1, 0.15) is 0 Å². The fourth-order valence-corrected chi connectivity index (χ4v) is 0.772. The summed E-state index contributed by atoms with van der Waals surface area (Å²) >= 11 is 6.79. The van der Waals surface area contributed by atoms with Crippen molar-refractivity contribution in [1.82, 2.24) is 4.98 Å². The van der Waals surface area contributed by atoms with Crippen LogP contribution in [0.4, 0.5) is 0 Å². The molecule has 0 atom stereocenters. The minimum atomic E-state index is 0. The number of aromatic nitrogens is 1. The van der Waals surface area contributed by atoms with Crippen LogP contribution in [0.5, 0.6) is 0 Å². The molecule has 0 fully saturated rings. The first-order valence-electron chi connectivity index (χ1n) is 1.44. The molecular formula is C3H3ClLiNS. The van der Waals surface area contributed by atoms with Gasteiger partial charge in [0.15, 0.2) is 4.47 Å². The number of hydrogen-bond donors (Lipinski definition) is 0. The molecule has 1 aromatic heterocycles. The van der Waals surface area contributed by atoms with Gasteiger partial charge in [0, 0.05) is 11.6 Å². The van der Waals surface area contributed by atoms with Crippen LogP contribution in [-0.4, -0.2) is 23.8 Å². The van der Waals surface area contributed by atoms with Gasteiger partial charge in [-0.15, -0.1) is 11.3 Å². The van der Waals surface area contributed by atoms with Crippen LogP contribution in [0.1, 0.15) is 0 Å².